The van der Waals surface area contributed by atoms with Gasteiger partial charge in [-0.05, 0) is 65.8 Å². The minimum Gasteiger partial charge on any atom is -0.508 e. The van der Waals surface area contributed by atoms with Crippen molar-refractivity contribution in [3.8, 4) is 16.9 Å². The molecule has 2 aromatic carbocycles. The van der Waals surface area contributed by atoms with Crippen LogP contribution in [0, 0.1) is 5.92 Å². The van der Waals surface area contributed by atoms with Crippen molar-refractivity contribution in [1.82, 2.24) is 4.98 Å². The third-order valence-electron chi connectivity index (χ3n) is 6.26. The van der Waals surface area contributed by atoms with Gasteiger partial charge < -0.3 is 10.1 Å². The third-order valence-corrected chi connectivity index (χ3v) is 6.26. The van der Waals surface area contributed by atoms with Gasteiger partial charge in [0.25, 0.3) is 0 Å². The van der Waals surface area contributed by atoms with Gasteiger partial charge in [-0.15, -0.1) is 0 Å². The fraction of sp³-hybridized carbons (Fsp3) is 0.231. The topological polar surface area (TPSA) is 36.0 Å². The molecule has 1 heterocycles. The summed E-state index contributed by atoms with van der Waals surface area (Å²) >= 11 is 0. The quantitative estimate of drug-likeness (QED) is 0.531. The van der Waals surface area contributed by atoms with Crippen LogP contribution in [-0.2, 0) is 11.8 Å². The Morgan fingerprint density at radius 3 is 2.71 bits per heavy atom. The summed E-state index contributed by atoms with van der Waals surface area (Å²) in [5, 5.41) is 11.9. The van der Waals surface area contributed by atoms with E-state index in [1.807, 2.05) is 12.1 Å². The van der Waals surface area contributed by atoms with Crippen LogP contribution < -0.4 is 0 Å². The summed E-state index contributed by atoms with van der Waals surface area (Å²) in [4.78, 5) is 3.55. The number of allylic oxidation sites excluding steroid dienone is 5. The van der Waals surface area contributed by atoms with Crippen LogP contribution in [0.1, 0.15) is 37.1 Å². The first-order valence-electron chi connectivity index (χ1n) is 10.0. The Balaban J connectivity index is 1.62. The van der Waals surface area contributed by atoms with E-state index in [2.05, 4.69) is 79.6 Å². The summed E-state index contributed by atoms with van der Waals surface area (Å²) in [5.41, 5.74) is 7.00. The summed E-state index contributed by atoms with van der Waals surface area (Å²) in [7, 11) is 0. The molecule has 0 radical (unpaired) electrons. The molecule has 2 nitrogen and oxygen atoms in total. The van der Waals surface area contributed by atoms with Gasteiger partial charge in [-0.25, -0.2) is 0 Å². The number of aromatic hydroxyl groups is 1. The van der Waals surface area contributed by atoms with Gasteiger partial charge in [-0.1, -0.05) is 56.4 Å². The summed E-state index contributed by atoms with van der Waals surface area (Å²) in [6.07, 6.45) is 15.0. The molecule has 0 spiro atoms. The highest BCUT2D eigenvalue weighted by atomic mass is 16.3. The summed E-state index contributed by atoms with van der Waals surface area (Å²) in [6, 6.07) is 12.7. The number of nitrogens with one attached hydrogen (secondary N) is 1. The van der Waals surface area contributed by atoms with Crippen LogP contribution in [0.2, 0.25) is 0 Å². The molecule has 0 saturated carbocycles. The second-order valence-electron chi connectivity index (χ2n) is 8.46. The zero-order chi connectivity index (χ0) is 19.3. The van der Waals surface area contributed by atoms with E-state index in [0.29, 0.717) is 11.7 Å². The van der Waals surface area contributed by atoms with Gasteiger partial charge in [0.15, 0.2) is 0 Å². The van der Waals surface area contributed by atoms with Gasteiger partial charge in [0, 0.05) is 27.6 Å². The molecule has 1 aromatic heterocycles. The van der Waals surface area contributed by atoms with Crippen LogP contribution >= 0.6 is 0 Å². The number of benzene rings is 2. The van der Waals surface area contributed by atoms with E-state index in [1.165, 1.54) is 27.7 Å². The van der Waals surface area contributed by atoms with Crippen molar-refractivity contribution < 1.29 is 5.11 Å². The number of aromatic amines is 1. The zero-order valence-electron chi connectivity index (χ0n) is 16.4. The van der Waals surface area contributed by atoms with Crippen molar-refractivity contribution in [3.63, 3.8) is 0 Å². The van der Waals surface area contributed by atoms with Gasteiger partial charge in [-0.3, -0.25) is 0 Å². The molecule has 28 heavy (non-hydrogen) atoms. The summed E-state index contributed by atoms with van der Waals surface area (Å²) < 4.78 is 0. The number of phenols is 1. The Morgan fingerprint density at radius 2 is 1.89 bits per heavy atom. The smallest absolute Gasteiger partial charge is 0.119 e. The maximum Gasteiger partial charge on any atom is 0.119 e. The average Bonchev–Trinajstić information content (AvgIpc) is 3.06. The first kappa shape index (κ1) is 17.1. The van der Waals surface area contributed by atoms with Gasteiger partial charge in [0.1, 0.15) is 5.75 Å². The minimum absolute atomic E-state index is 0.174. The Bertz CT molecular complexity index is 1160. The second-order valence-corrected chi connectivity index (χ2v) is 8.46. The predicted octanol–water partition coefficient (Wildman–Crippen LogP) is 6.52. The van der Waals surface area contributed by atoms with E-state index in [1.54, 1.807) is 0 Å². The van der Waals surface area contributed by atoms with Crippen molar-refractivity contribution in [3.05, 3.63) is 83.6 Å². The Kier molecular flexibility index (Phi) is 3.83. The molecule has 140 valence electrons. The number of H-pyrrole nitrogens is 1. The van der Waals surface area contributed by atoms with E-state index in [9.17, 15) is 5.11 Å². The predicted molar refractivity (Wildman–Crippen MR) is 118 cm³/mol. The molecular formula is C26H25NO. The lowest BCUT2D eigenvalue weighted by Gasteiger charge is -2.28. The second kappa shape index (κ2) is 6.27. The van der Waals surface area contributed by atoms with Crippen LogP contribution in [0.5, 0.6) is 5.75 Å². The molecule has 0 amide bonds. The van der Waals surface area contributed by atoms with Crippen LogP contribution in [0.15, 0.2) is 66.8 Å². The van der Waals surface area contributed by atoms with E-state index >= 15 is 0 Å². The van der Waals surface area contributed by atoms with E-state index in [-0.39, 0.29) is 5.41 Å². The summed E-state index contributed by atoms with van der Waals surface area (Å²) in [5.74, 6) is 0.937. The van der Waals surface area contributed by atoms with Crippen molar-refractivity contribution in [2.75, 3.05) is 0 Å². The van der Waals surface area contributed by atoms with E-state index in [4.69, 9.17) is 0 Å². The lowest BCUT2D eigenvalue weighted by Crippen LogP contribution is -2.19. The Labute approximate surface area is 165 Å². The lowest BCUT2D eigenvalue weighted by molar-refractivity contribution is 0.449. The Morgan fingerprint density at radius 1 is 1.07 bits per heavy atom. The number of rotatable bonds is 2. The summed E-state index contributed by atoms with van der Waals surface area (Å²) in [6.45, 7) is 4.45. The fourth-order valence-corrected chi connectivity index (χ4v) is 4.56. The first-order valence-corrected chi connectivity index (χ1v) is 10.0. The van der Waals surface area contributed by atoms with E-state index < -0.39 is 0 Å². The number of phenolic OH excluding ortho intramolecular Hbond substituents is 1. The molecule has 2 atom stereocenters. The number of hydrogen-bond acceptors (Lipinski definition) is 1. The van der Waals surface area contributed by atoms with Crippen LogP contribution in [0.3, 0.4) is 0 Å². The van der Waals surface area contributed by atoms with Crippen LogP contribution in [0.4, 0.5) is 0 Å². The third kappa shape index (κ3) is 2.72. The molecule has 2 unspecified atom stereocenters. The van der Waals surface area contributed by atoms with Crippen molar-refractivity contribution in [2.45, 2.75) is 32.1 Å². The fourth-order valence-electron chi connectivity index (χ4n) is 4.56. The van der Waals surface area contributed by atoms with Gasteiger partial charge in [0.2, 0.25) is 0 Å². The molecule has 0 aliphatic heterocycles. The first-order chi connectivity index (χ1) is 13.5. The molecule has 0 saturated heterocycles. The van der Waals surface area contributed by atoms with Crippen molar-refractivity contribution in [1.29, 1.82) is 0 Å². The number of aromatic nitrogens is 1. The van der Waals surface area contributed by atoms with Gasteiger partial charge in [-0.2, -0.15) is 0 Å². The largest absolute Gasteiger partial charge is 0.508 e. The van der Waals surface area contributed by atoms with Gasteiger partial charge in [0.05, 0.1) is 0 Å². The minimum atomic E-state index is -0.174. The molecule has 2 N–H and O–H groups in total. The molecule has 2 heteroatoms. The molecule has 3 aromatic rings. The molecule has 2 aliphatic carbocycles. The number of hydrogen-bond donors (Lipinski definition) is 2. The Hall–Kier alpha value is -3.00. The SMILES string of the molecule is CC1C=Cc2[nH]c3ccc(-c4ccc(O)c(C5(C)C=CC=CC5)c4)cc3c2C1. The molecule has 0 fully saturated rings. The van der Waals surface area contributed by atoms with Crippen LogP contribution in [-0.4, -0.2) is 10.1 Å². The normalized spacial score (nSPS) is 23.3. The van der Waals surface area contributed by atoms with Crippen LogP contribution in [0.25, 0.3) is 28.1 Å². The standard InChI is InChI=1S/C26H25NO/c1-17-6-9-23-20(14-17)21-15-18(7-10-24(21)27-23)19-8-11-25(28)22(16-19)26(2)12-4-3-5-13-26/h3-12,15-17,27-28H,13-14H2,1-2H3. The van der Waals surface area contributed by atoms with Crippen molar-refractivity contribution in [2.24, 2.45) is 5.92 Å². The maximum absolute atomic E-state index is 10.6. The molecular weight excluding hydrogens is 342 g/mol. The molecule has 5 rings (SSSR count). The van der Waals surface area contributed by atoms with Gasteiger partial charge >= 0.3 is 0 Å². The molecule has 0 bridgehead atoms. The average molecular weight is 367 g/mol. The highest BCUT2D eigenvalue weighted by Crippen LogP contribution is 2.40. The zero-order valence-corrected chi connectivity index (χ0v) is 16.4. The maximum atomic E-state index is 10.6. The highest BCUT2D eigenvalue weighted by molar-refractivity contribution is 5.91. The van der Waals surface area contributed by atoms with Crippen molar-refractivity contribution >= 4 is 17.0 Å². The highest BCUT2D eigenvalue weighted by Gasteiger charge is 2.27. The molecule has 2 aliphatic rings. The monoisotopic (exact) mass is 367 g/mol. The number of fused-ring (bicyclic) bond motifs is 3. The lowest BCUT2D eigenvalue weighted by atomic mass is 9.76. The van der Waals surface area contributed by atoms with E-state index in [0.717, 1.165) is 24.0 Å².